The summed E-state index contributed by atoms with van der Waals surface area (Å²) in [5.74, 6) is 1.86. The number of para-hydroxylation sites is 1. The zero-order valence-corrected chi connectivity index (χ0v) is 18.7. The van der Waals surface area contributed by atoms with Crippen LogP contribution in [0.2, 0.25) is 0 Å². The average molecular weight is 512 g/mol. The maximum atomic E-state index is 5.58. The van der Waals surface area contributed by atoms with Gasteiger partial charge in [0.1, 0.15) is 17.9 Å². The number of nitrogens with zero attached hydrogens (tertiary/aromatic N) is 6. The number of halogens is 1. The minimum atomic E-state index is 0.827. The third-order valence-corrected chi connectivity index (χ3v) is 6.08. The summed E-state index contributed by atoms with van der Waals surface area (Å²) in [7, 11) is 1.73. The predicted octanol–water partition coefficient (Wildman–Crippen LogP) is 3.76. The average Bonchev–Trinajstić information content (AvgIpc) is 3.24. The van der Waals surface area contributed by atoms with Crippen LogP contribution in [0.25, 0.3) is 16.7 Å². The number of anilines is 2. The van der Waals surface area contributed by atoms with Crippen molar-refractivity contribution in [3.8, 4) is 11.4 Å². The first kappa shape index (κ1) is 19.1. The van der Waals surface area contributed by atoms with Crippen LogP contribution in [0.15, 0.2) is 61.1 Å². The molecule has 0 N–H and O–H groups in total. The molecule has 4 aromatic rings. The fourth-order valence-electron chi connectivity index (χ4n) is 3.91. The van der Waals surface area contributed by atoms with E-state index in [0.717, 1.165) is 60.2 Å². The van der Waals surface area contributed by atoms with Gasteiger partial charge in [0.05, 0.1) is 30.1 Å². The Balaban J connectivity index is 1.41. The van der Waals surface area contributed by atoms with Crippen LogP contribution in [0.3, 0.4) is 0 Å². The Morgan fingerprint density at radius 2 is 1.70 bits per heavy atom. The van der Waals surface area contributed by atoms with Crippen molar-refractivity contribution in [3.63, 3.8) is 0 Å². The predicted molar refractivity (Wildman–Crippen MR) is 127 cm³/mol. The highest BCUT2D eigenvalue weighted by atomic mass is 127. The van der Waals surface area contributed by atoms with Gasteiger partial charge in [-0.25, -0.2) is 14.6 Å². The molecule has 1 aliphatic heterocycles. The third-order valence-electron chi connectivity index (χ3n) is 5.41. The largest absolute Gasteiger partial charge is 0.495 e. The first-order chi connectivity index (χ1) is 14.7. The zero-order valence-electron chi connectivity index (χ0n) is 16.6. The van der Waals surface area contributed by atoms with Gasteiger partial charge in [-0.15, -0.1) is 0 Å². The van der Waals surface area contributed by atoms with Gasteiger partial charge in [-0.05, 0) is 52.9 Å². The van der Waals surface area contributed by atoms with Crippen LogP contribution in [-0.4, -0.2) is 53.0 Å². The second-order valence-electron chi connectivity index (χ2n) is 7.12. The molecule has 1 fully saturated rings. The van der Waals surface area contributed by atoms with Crippen molar-refractivity contribution in [2.75, 3.05) is 43.1 Å². The van der Waals surface area contributed by atoms with Crippen molar-refractivity contribution in [1.29, 1.82) is 0 Å². The van der Waals surface area contributed by atoms with Gasteiger partial charge in [0.2, 0.25) is 0 Å². The second kappa shape index (κ2) is 8.10. The highest BCUT2D eigenvalue weighted by molar-refractivity contribution is 14.1. The molecule has 0 saturated carbocycles. The van der Waals surface area contributed by atoms with Crippen LogP contribution >= 0.6 is 22.6 Å². The van der Waals surface area contributed by atoms with Gasteiger partial charge in [0.25, 0.3) is 0 Å². The van der Waals surface area contributed by atoms with Crippen LogP contribution in [0, 0.1) is 3.57 Å². The zero-order chi connectivity index (χ0) is 20.5. The minimum Gasteiger partial charge on any atom is -0.495 e. The van der Waals surface area contributed by atoms with Crippen LogP contribution in [0.5, 0.6) is 5.75 Å². The Morgan fingerprint density at radius 3 is 2.47 bits per heavy atom. The standard InChI is InChI=1S/C22H21IN6O/c1-30-20-8-7-16(23)13-19(20)27-9-11-28(12-10-27)21-18-14-26-29(22(18)25-15-24-21)17-5-3-2-4-6-17/h2-8,13-15H,9-12H2,1H3. The van der Waals surface area contributed by atoms with Gasteiger partial charge in [-0.1, -0.05) is 18.2 Å². The normalized spacial score (nSPS) is 14.3. The fraction of sp³-hybridized carbons (Fsp3) is 0.227. The van der Waals surface area contributed by atoms with Crippen LogP contribution in [0.1, 0.15) is 0 Å². The van der Waals surface area contributed by atoms with Gasteiger partial charge in [-0.2, -0.15) is 5.10 Å². The van der Waals surface area contributed by atoms with Crippen molar-refractivity contribution >= 4 is 45.1 Å². The fourth-order valence-corrected chi connectivity index (χ4v) is 4.39. The Bertz CT molecular complexity index is 1170. The van der Waals surface area contributed by atoms with Crippen LogP contribution in [-0.2, 0) is 0 Å². The highest BCUT2D eigenvalue weighted by Gasteiger charge is 2.23. The Morgan fingerprint density at radius 1 is 0.933 bits per heavy atom. The monoisotopic (exact) mass is 512 g/mol. The maximum absolute atomic E-state index is 5.58. The Labute approximate surface area is 188 Å². The highest BCUT2D eigenvalue weighted by Crippen LogP contribution is 2.32. The molecule has 0 unspecified atom stereocenters. The lowest BCUT2D eigenvalue weighted by molar-refractivity contribution is 0.413. The van der Waals surface area contributed by atoms with Crippen molar-refractivity contribution in [2.24, 2.45) is 0 Å². The van der Waals surface area contributed by atoms with Gasteiger partial charge >= 0.3 is 0 Å². The van der Waals surface area contributed by atoms with Crippen molar-refractivity contribution in [1.82, 2.24) is 19.7 Å². The second-order valence-corrected chi connectivity index (χ2v) is 8.36. The van der Waals surface area contributed by atoms with Crippen LogP contribution in [0.4, 0.5) is 11.5 Å². The third kappa shape index (κ3) is 3.45. The molecule has 0 bridgehead atoms. The lowest BCUT2D eigenvalue weighted by Gasteiger charge is -2.37. The molecule has 3 heterocycles. The van der Waals surface area contributed by atoms with Gasteiger partial charge < -0.3 is 14.5 Å². The van der Waals surface area contributed by atoms with Crippen molar-refractivity contribution in [3.05, 3.63) is 64.6 Å². The molecule has 0 spiro atoms. The topological polar surface area (TPSA) is 59.3 Å². The lowest BCUT2D eigenvalue weighted by Crippen LogP contribution is -2.47. The maximum Gasteiger partial charge on any atom is 0.168 e. The Kier molecular flexibility index (Phi) is 5.16. The molecule has 0 atom stereocenters. The van der Waals surface area contributed by atoms with E-state index in [-0.39, 0.29) is 0 Å². The first-order valence-corrected chi connectivity index (χ1v) is 10.9. The summed E-state index contributed by atoms with van der Waals surface area (Å²) in [6.45, 7) is 3.54. The summed E-state index contributed by atoms with van der Waals surface area (Å²) < 4.78 is 8.65. The first-order valence-electron chi connectivity index (χ1n) is 9.82. The van der Waals surface area contributed by atoms with Gasteiger partial charge in [0, 0.05) is 29.7 Å². The van der Waals surface area contributed by atoms with Crippen LogP contribution < -0.4 is 14.5 Å². The summed E-state index contributed by atoms with van der Waals surface area (Å²) in [6, 6.07) is 16.4. The number of aromatic nitrogens is 4. The van der Waals surface area contributed by atoms with E-state index in [1.807, 2.05) is 47.3 Å². The molecule has 8 heteroatoms. The minimum absolute atomic E-state index is 0.827. The van der Waals surface area contributed by atoms with E-state index in [2.05, 4.69) is 59.6 Å². The summed E-state index contributed by atoms with van der Waals surface area (Å²) in [5.41, 5.74) is 2.97. The quantitative estimate of drug-likeness (QED) is 0.389. The van der Waals surface area contributed by atoms with Crippen molar-refractivity contribution in [2.45, 2.75) is 0 Å². The lowest BCUT2D eigenvalue weighted by atomic mass is 10.2. The molecule has 5 rings (SSSR count). The molecule has 1 aliphatic rings. The van der Waals surface area contributed by atoms with E-state index in [4.69, 9.17) is 4.74 Å². The molecular weight excluding hydrogens is 491 g/mol. The number of ether oxygens (including phenoxy) is 1. The number of fused-ring (bicyclic) bond motifs is 1. The summed E-state index contributed by atoms with van der Waals surface area (Å²) in [5, 5.41) is 5.55. The van der Waals surface area contributed by atoms with E-state index in [9.17, 15) is 0 Å². The van der Waals surface area contributed by atoms with Crippen molar-refractivity contribution < 1.29 is 4.74 Å². The van der Waals surface area contributed by atoms with E-state index in [1.54, 1.807) is 13.4 Å². The number of piperazine rings is 1. The van der Waals surface area contributed by atoms with E-state index < -0.39 is 0 Å². The molecular formula is C22H21IN6O. The molecule has 30 heavy (non-hydrogen) atoms. The molecule has 0 aliphatic carbocycles. The van der Waals surface area contributed by atoms with E-state index in [1.165, 1.54) is 3.57 Å². The molecule has 1 saturated heterocycles. The van der Waals surface area contributed by atoms with Gasteiger partial charge in [-0.3, -0.25) is 0 Å². The number of hydrogen-bond acceptors (Lipinski definition) is 6. The molecule has 2 aromatic heterocycles. The summed E-state index contributed by atoms with van der Waals surface area (Å²) in [6.07, 6.45) is 3.50. The van der Waals surface area contributed by atoms with E-state index in [0.29, 0.717) is 0 Å². The molecule has 0 radical (unpaired) electrons. The van der Waals surface area contributed by atoms with E-state index >= 15 is 0 Å². The van der Waals surface area contributed by atoms with Gasteiger partial charge in [0.15, 0.2) is 5.65 Å². The number of hydrogen-bond donors (Lipinski definition) is 0. The number of rotatable bonds is 4. The summed E-state index contributed by atoms with van der Waals surface area (Å²) in [4.78, 5) is 13.8. The molecule has 2 aromatic carbocycles. The Hall–Kier alpha value is -2.88. The SMILES string of the molecule is COc1ccc(I)cc1N1CCN(c2ncnc3c2cnn3-c2ccccc2)CC1. The summed E-state index contributed by atoms with van der Waals surface area (Å²) >= 11 is 2.35. The molecule has 7 nitrogen and oxygen atoms in total. The smallest absolute Gasteiger partial charge is 0.168 e. The number of methoxy groups -OCH3 is 1. The number of benzene rings is 2. The molecule has 0 amide bonds. The molecule has 152 valence electrons.